The second-order valence-corrected chi connectivity index (χ2v) is 3.85. The Balaban J connectivity index is 2.16. The average molecular weight is 268 g/mol. The number of hydrogen-bond acceptors (Lipinski definition) is 9. The summed E-state index contributed by atoms with van der Waals surface area (Å²) in [6.07, 6.45) is 0. The van der Waals surface area contributed by atoms with Gasteiger partial charge in [-0.25, -0.2) is 5.84 Å². The number of rotatable bonds is 5. The lowest BCUT2D eigenvalue weighted by Crippen LogP contribution is -2.37. The van der Waals surface area contributed by atoms with Gasteiger partial charge >= 0.3 is 0 Å². The molecule has 1 saturated heterocycles. The summed E-state index contributed by atoms with van der Waals surface area (Å²) in [5.74, 6) is 5.72. The number of amides is 1. The molecule has 6 N–H and O–H groups in total. The first-order valence-electron chi connectivity index (χ1n) is 5.76. The summed E-state index contributed by atoms with van der Waals surface area (Å²) in [6.45, 7) is 2.53. The van der Waals surface area contributed by atoms with E-state index in [0.717, 1.165) is 0 Å². The molecule has 1 aliphatic rings. The number of morpholine rings is 1. The molecule has 0 radical (unpaired) electrons. The molecule has 1 aromatic heterocycles. The molecule has 19 heavy (non-hydrogen) atoms. The van der Waals surface area contributed by atoms with Crippen molar-refractivity contribution < 1.29 is 9.53 Å². The van der Waals surface area contributed by atoms with Crippen LogP contribution in [-0.2, 0) is 9.53 Å². The van der Waals surface area contributed by atoms with Crippen LogP contribution in [0.4, 0.5) is 17.8 Å². The molecule has 0 aromatic carbocycles. The van der Waals surface area contributed by atoms with E-state index in [2.05, 4.69) is 25.7 Å². The van der Waals surface area contributed by atoms with Crippen LogP contribution in [0.15, 0.2) is 0 Å². The molecule has 0 unspecified atom stereocenters. The number of nitrogens with zero attached hydrogens (tertiary/aromatic N) is 4. The molecule has 0 atom stereocenters. The smallest absolute Gasteiger partial charge is 0.243 e. The number of aromatic nitrogens is 3. The maximum absolute atomic E-state index is 10.7. The Morgan fingerprint density at radius 2 is 1.95 bits per heavy atom. The van der Waals surface area contributed by atoms with Gasteiger partial charge in [-0.05, 0) is 0 Å². The minimum Gasteiger partial charge on any atom is -0.378 e. The van der Waals surface area contributed by atoms with E-state index in [-0.39, 0.29) is 18.4 Å². The predicted molar refractivity (Wildman–Crippen MR) is 68.4 cm³/mol. The topological polar surface area (TPSA) is 144 Å². The summed E-state index contributed by atoms with van der Waals surface area (Å²) in [5.41, 5.74) is 7.41. The maximum Gasteiger partial charge on any atom is 0.243 e. The Hall–Kier alpha value is -2.20. The number of nitrogens with two attached hydrogens (primary N) is 2. The third-order valence-corrected chi connectivity index (χ3v) is 2.47. The first kappa shape index (κ1) is 13.2. The predicted octanol–water partition coefficient (Wildman–Crippen LogP) is -2.11. The molecule has 10 heteroatoms. The van der Waals surface area contributed by atoms with Crippen LogP contribution >= 0.6 is 0 Å². The van der Waals surface area contributed by atoms with Crippen LogP contribution in [-0.4, -0.2) is 53.7 Å². The number of primary amides is 1. The number of hydrogen-bond donors (Lipinski definition) is 4. The fourth-order valence-corrected chi connectivity index (χ4v) is 1.58. The zero-order chi connectivity index (χ0) is 13.7. The zero-order valence-corrected chi connectivity index (χ0v) is 10.3. The number of hydrazine groups is 1. The van der Waals surface area contributed by atoms with E-state index in [1.807, 2.05) is 4.90 Å². The van der Waals surface area contributed by atoms with Crippen LogP contribution in [0.5, 0.6) is 0 Å². The van der Waals surface area contributed by atoms with Crippen molar-refractivity contribution in [3.05, 3.63) is 0 Å². The van der Waals surface area contributed by atoms with Crippen molar-refractivity contribution in [1.29, 1.82) is 0 Å². The van der Waals surface area contributed by atoms with Crippen LogP contribution in [0, 0.1) is 0 Å². The van der Waals surface area contributed by atoms with E-state index in [0.29, 0.717) is 32.3 Å². The normalized spacial score (nSPS) is 15.1. The van der Waals surface area contributed by atoms with Gasteiger partial charge in [-0.3, -0.25) is 10.2 Å². The molecule has 104 valence electrons. The first-order valence-corrected chi connectivity index (χ1v) is 5.76. The Morgan fingerprint density at radius 3 is 2.58 bits per heavy atom. The van der Waals surface area contributed by atoms with Crippen molar-refractivity contribution in [2.24, 2.45) is 11.6 Å². The summed E-state index contributed by atoms with van der Waals surface area (Å²) in [4.78, 5) is 25.0. The molecule has 2 rings (SSSR count). The molecule has 0 saturated carbocycles. The van der Waals surface area contributed by atoms with Crippen molar-refractivity contribution >= 4 is 23.8 Å². The second kappa shape index (κ2) is 6.11. The Morgan fingerprint density at radius 1 is 1.26 bits per heavy atom. The van der Waals surface area contributed by atoms with Gasteiger partial charge in [-0.2, -0.15) is 15.0 Å². The summed E-state index contributed by atoms with van der Waals surface area (Å²) in [7, 11) is 0. The molecule has 0 bridgehead atoms. The highest BCUT2D eigenvalue weighted by atomic mass is 16.5. The highest BCUT2D eigenvalue weighted by Crippen LogP contribution is 2.14. The van der Waals surface area contributed by atoms with Crippen molar-refractivity contribution in [1.82, 2.24) is 15.0 Å². The van der Waals surface area contributed by atoms with E-state index in [4.69, 9.17) is 16.3 Å². The van der Waals surface area contributed by atoms with E-state index in [1.165, 1.54) is 0 Å². The van der Waals surface area contributed by atoms with Gasteiger partial charge < -0.3 is 20.7 Å². The molecular weight excluding hydrogens is 252 g/mol. The summed E-state index contributed by atoms with van der Waals surface area (Å²) >= 11 is 0. The van der Waals surface area contributed by atoms with Crippen molar-refractivity contribution in [3.63, 3.8) is 0 Å². The van der Waals surface area contributed by atoms with Gasteiger partial charge in [-0.15, -0.1) is 0 Å². The minimum atomic E-state index is -0.504. The van der Waals surface area contributed by atoms with Crippen LogP contribution in [0.2, 0.25) is 0 Å². The van der Waals surface area contributed by atoms with Gasteiger partial charge in [0.15, 0.2) is 0 Å². The van der Waals surface area contributed by atoms with Gasteiger partial charge in [0.1, 0.15) is 0 Å². The van der Waals surface area contributed by atoms with Gasteiger partial charge in [0, 0.05) is 13.1 Å². The van der Waals surface area contributed by atoms with Gasteiger partial charge in [0.25, 0.3) is 0 Å². The molecular formula is C9H16N8O2. The lowest BCUT2D eigenvalue weighted by Gasteiger charge is -2.27. The first-order chi connectivity index (χ1) is 9.19. The molecule has 2 heterocycles. The average Bonchev–Trinajstić information content (AvgIpc) is 2.45. The summed E-state index contributed by atoms with van der Waals surface area (Å²) in [5, 5.41) is 2.71. The molecule has 10 nitrogen and oxygen atoms in total. The summed E-state index contributed by atoms with van der Waals surface area (Å²) < 4.78 is 5.26. The number of nitrogen functional groups attached to an aromatic ring is 1. The maximum atomic E-state index is 10.7. The highest BCUT2D eigenvalue weighted by Gasteiger charge is 2.16. The number of nitrogens with one attached hydrogen (secondary N) is 2. The molecule has 0 spiro atoms. The zero-order valence-electron chi connectivity index (χ0n) is 10.3. The van der Waals surface area contributed by atoms with Crippen molar-refractivity contribution in [2.75, 3.05) is 48.5 Å². The Bertz CT molecular complexity index is 448. The van der Waals surface area contributed by atoms with Crippen LogP contribution in [0.1, 0.15) is 0 Å². The SMILES string of the molecule is NNc1nc(NCC(N)=O)nc(N2CCOCC2)n1. The standard InChI is InChI=1S/C9H16N8O2/c10-6(18)5-12-7-13-8(16-11)15-9(14-7)17-1-3-19-4-2-17/h1-5,11H2,(H2,10,18)(H2,12,13,14,15,16). The van der Waals surface area contributed by atoms with E-state index in [9.17, 15) is 4.79 Å². The number of ether oxygens (including phenoxy) is 1. The molecule has 1 amide bonds. The van der Waals surface area contributed by atoms with E-state index in [1.54, 1.807) is 0 Å². The van der Waals surface area contributed by atoms with Crippen molar-refractivity contribution in [2.45, 2.75) is 0 Å². The highest BCUT2D eigenvalue weighted by molar-refractivity contribution is 5.78. The fourth-order valence-electron chi connectivity index (χ4n) is 1.58. The van der Waals surface area contributed by atoms with Gasteiger partial charge in [0.2, 0.25) is 23.8 Å². The molecule has 1 fully saturated rings. The second-order valence-electron chi connectivity index (χ2n) is 3.85. The van der Waals surface area contributed by atoms with Gasteiger partial charge in [-0.1, -0.05) is 0 Å². The summed E-state index contributed by atoms with van der Waals surface area (Å²) in [6, 6.07) is 0. The number of carbonyl (C=O) groups is 1. The monoisotopic (exact) mass is 268 g/mol. The lowest BCUT2D eigenvalue weighted by atomic mass is 10.4. The van der Waals surface area contributed by atoms with Crippen LogP contribution < -0.4 is 27.2 Å². The van der Waals surface area contributed by atoms with Crippen molar-refractivity contribution in [3.8, 4) is 0 Å². The molecule has 1 aromatic rings. The lowest BCUT2D eigenvalue weighted by molar-refractivity contribution is -0.116. The number of anilines is 3. The van der Waals surface area contributed by atoms with E-state index < -0.39 is 5.91 Å². The Labute approximate surface area is 109 Å². The Kier molecular flexibility index (Phi) is 4.26. The molecule has 1 aliphatic heterocycles. The third-order valence-electron chi connectivity index (χ3n) is 2.47. The van der Waals surface area contributed by atoms with Gasteiger partial charge in [0.05, 0.1) is 19.8 Å². The van der Waals surface area contributed by atoms with Crippen LogP contribution in [0.3, 0.4) is 0 Å². The molecule has 0 aliphatic carbocycles. The third kappa shape index (κ3) is 3.63. The fraction of sp³-hybridized carbons (Fsp3) is 0.556. The van der Waals surface area contributed by atoms with Crippen LogP contribution in [0.25, 0.3) is 0 Å². The van der Waals surface area contributed by atoms with E-state index >= 15 is 0 Å². The largest absolute Gasteiger partial charge is 0.378 e. The minimum absolute atomic E-state index is 0.0590. The quantitative estimate of drug-likeness (QED) is 0.348. The number of carbonyl (C=O) groups excluding carboxylic acids is 1.